The predicted molar refractivity (Wildman–Crippen MR) is 93.3 cm³/mol. The number of thioether (sulfide) groups is 1. The van der Waals surface area contributed by atoms with E-state index in [1.807, 2.05) is 5.32 Å². The van der Waals surface area contributed by atoms with Crippen molar-refractivity contribution < 1.29 is 18.0 Å². The molecular formula is C16H24F3N5OS. The Bertz CT molecular complexity index is 638. The maximum atomic E-state index is 12.3. The van der Waals surface area contributed by atoms with Crippen LogP contribution in [-0.2, 0) is 4.79 Å². The molecule has 1 saturated heterocycles. The number of alkyl halides is 3. The molecule has 1 aromatic rings. The quantitative estimate of drug-likeness (QED) is 0.756. The van der Waals surface area contributed by atoms with Crippen LogP contribution < -0.4 is 10.2 Å². The fraction of sp³-hybridized carbons (Fsp3) is 0.812. The molecule has 1 amide bonds. The zero-order chi connectivity index (χ0) is 18.9. The van der Waals surface area contributed by atoms with Gasteiger partial charge in [-0.05, 0) is 38.5 Å². The Morgan fingerprint density at radius 1 is 1.27 bits per heavy atom. The SMILES string of the molecule is CC1CCN(c2nnc(SC(C)C(=O)NCC(F)(F)F)n2C2CC2)CC1. The van der Waals surface area contributed by atoms with E-state index < -0.39 is 23.9 Å². The van der Waals surface area contributed by atoms with Gasteiger partial charge >= 0.3 is 6.18 Å². The Hall–Kier alpha value is -1.45. The molecule has 3 rings (SSSR count). The molecule has 10 heteroatoms. The summed E-state index contributed by atoms with van der Waals surface area (Å²) in [4.78, 5) is 14.2. The van der Waals surface area contributed by atoms with Gasteiger partial charge in [0.15, 0.2) is 5.16 Å². The van der Waals surface area contributed by atoms with E-state index in [0.29, 0.717) is 17.1 Å². The minimum absolute atomic E-state index is 0.326. The average molecular weight is 391 g/mol. The van der Waals surface area contributed by atoms with Crippen LogP contribution in [0, 0.1) is 5.92 Å². The molecule has 1 aliphatic carbocycles. The van der Waals surface area contributed by atoms with E-state index in [-0.39, 0.29) is 0 Å². The minimum atomic E-state index is -4.41. The average Bonchev–Trinajstić information content (AvgIpc) is 3.33. The van der Waals surface area contributed by atoms with Gasteiger partial charge in [-0.3, -0.25) is 9.36 Å². The number of amides is 1. The van der Waals surface area contributed by atoms with Crippen LogP contribution in [0.1, 0.15) is 45.6 Å². The number of carbonyl (C=O) groups is 1. The van der Waals surface area contributed by atoms with Gasteiger partial charge in [-0.1, -0.05) is 18.7 Å². The molecule has 26 heavy (non-hydrogen) atoms. The fourth-order valence-corrected chi connectivity index (χ4v) is 3.91. The van der Waals surface area contributed by atoms with E-state index in [0.717, 1.165) is 44.7 Å². The van der Waals surface area contributed by atoms with E-state index >= 15 is 0 Å². The number of nitrogens with zero attached hydrogens (tertiary/aromatic N) is 4. The van der Waals surface area contributed by atoms with Crippen molar-refractivity contribution in [3.05, 3.63) is 0 Å². The summed E-state index contributed by atoms with van der Waals surface area (Å²) in [6, 6.07) is 0.326. The summed E-state index contributed by atoms with van der Waals surface area (Å²) in [7, 11) is 0. The molecule has 0 spiro atoms. The molecule has 1 aromatic heterocycles. The summed E-state index contributed by atoms with van der Waals surface area (Å²) >= 11 is 1.17. The zero-order valence-corrected chi connectivity index (χ0v) is 15.7. The molecule has 146 valence electrons. The molecule has 0 radical (unpaired) electrons. The van der Waals surface area contributed by atoms with Crippen molar-refractivity contribution >= 4 is 23.6 Å². The van der Waals surface area contributed by atoms with Crippen molar-refractivity contribution in [2.24, 2.45) is 5.92 Å². The summed E-state index contributed by atoms with van der Waals surface area (Å²) in [6.07, 6.45) is -0.117. The first-order valence-electron chi connectivity index (χ1n) is 8.95. The predicted octanol–water partition coefficient (Wildman–Crippen LogP) is 3.01. The van der Waals surface area contributed by atoms with Gasteiger partial charge in [0.2, 0.25) is 11.9 Å². The number of hydrogen-bond donors (Lipinski definition) is 1. The minimum Gasteiger partial charge on any atom is -0.346 e. The number of hydrogen-bond acceptors (Lipinski definition) is 5. The topological polar surface area (TPSA) is 63.1 Å². The van der Waals surface area contributed by atoms with Crippen LogP contribution >= 0.6 is 11.8 Å². The van der Waals surface area contributed by atoms with E-state index in [2.05, 4.69) is 26.6 Å². The van der Waals surface area contributed by atoms with Crippen LogP contribution in [0.4, 0.5) is 19.1 Å². The first kappa shape index (κ1) is 19.3. The number of anilines is 1. The number of piperidine rings is 1. The van der Waals surface area contributed by atoms with Crippen LogP contribution in [0.5, 0.6) is 0 Å². The van der Waals surface area contributed by atoms with Crippen molar-refractivity contribution in [2.75, 3.05) is 24.5 Å². The van der Waals surface area contributed by atoms with Crippen molar-refractivity contribution in [1.29, 1.82) is 0 Å². The van der Waals surface area contributed by atoms with Crippen LogP contribution in [0.3, 0.4) is 0 Å². The van der Waals surface area contributed by atoms with Gasteiger partial charge in [-0.2, -0.15) is 13.2 Å². The van der Waals surface area contributed by atoms with Crippen molar-refractivity contribution in [3.8, 4) is 0 Å². The molecule has 1 atom stereocenters. The lowest BCUT2D eigenvalue weighted by Crippen LogP contribution is -2.38. The standard InChI is InChI=1S/C16H24F3N5OS/c1-10-5-7-23(8-6-10)14-21-22-15(24(14)12-3-4-12)26-11(2)13(25)20-9-16(17,18)19/h10-12H,3-9H2,1-2H3,(H,20,25). The van der Waals surface area contributed by atoms with Crippen LogP contribution in [0.15, 0.2) is 5.16 Å². The molecule has 2 heterocycles. The van der Waals surface area contributed by atoms with Gasteiger partial charge in [0, 0.05) is 19.1 Å². The Balaban J connectivity index is 1.67. The molecule has 0 bridgehead atoms. The highest BCUT2D eigenvalue weighted by Gasteiger charge is 2.34. The molecule has 0 aromatic carbocycles. The third-order valence-electron chi connectivity index (χ3n) is 4.74. The smallest absolute Gasteiger partial charge is 0.346 e. The van der Waals surface area contributed by atoms with Gasteiger partial charge in [0.1, 0.15) is 6.54 Å². The van der Waals surface area contributed by atoms with Crippen molar-refractivity contribution in [2.45, 2.75) is 62.2 Å². The van der Waals surface area contributed by atoms with Crippen LogP contribution in [0.2, 0.25) is 0 Å². The third-order valence-corrected chi connectivity index (χ3v) is 5.80. The van der Waals surface area contributed by atoms with Crippen LogP contribution in [-0.4, -0.2) is 51.7 Å². The highest BCUT2D eigenvalue weighted by molar-refractivity contribution is 8.00. The maximum absolute atomic E-state index is 12.3. The van der Waals surface area contributed by atoms with Crippen molar-refractivity contribution in [1.82, 2.24) is 20.1 Å². The lowest BCUT2D eigenvalue weighted by atomic mass is 10.00. The van der Waals surface area contributed by atoms with Crippen LogP contribution in [0.25, 0.3) is 0 Å². The second-order valence-corrected chi connectivity index (χ2v) is 8.45. The third kappa shape index (κ3) is 4.83. The molecular weight excluding hydrogens is 367 g/mol. The molecule has 6 nitrogen and oxygen atoms in total. The number of rotatable bonds is 6. The van der Waals surface area contributed by atoms with E-state index in [9.17, 15) is 18.0 Å². The molecule has 1 N–H and O–H groups in total. The summed E-state index contributed by atoms with van der Waals surface area (Å²) < 4.78 is 38.9. The Kier molecular flexibility index (Phi) is 5.69. The molecule has 1 unspecified atom stereocenters. The maximum Gasteiger partial charge on any atom is 0.405 e. The number of nitrogens with one attached hydrogen (secondary N) is 1. The second-order valence-electron chi connectivity index (χ2n) is 7.15. The molecule has 2 fully saturated rings. The Morgan fingerprint density at radius 2 is 1.92 bits per heavy atom. The highest BCUT2D eigenvalue weighted by atomic mass is 32.2. The second kappa shape index (κ2) is 7.66. The van der Waals surface area contributed by atoms with Gasteiger partial charge < -0.3 is 10.2 Å². The molecule has 2 aliphatic rings. The van der Waals surface area contributed by atoms with E-state index in [1.165, 1.54) is 11.8 Å². The lowest BCUT2D eigenvalue weighted by Gasteiger charge is -2.31. The number of halogens is 3. The largest absolute Gasteiger partial charge is 0.405 e. The number of carbonyl (C=O) groups excluding carboxylic acids is 1. The highest BCUT2D eigenvalue weighted by Crippen LogP contribution is 2.42. The Labute approximate surface area is 154 Å². The number of aromatic nitrogens is 3. The van der Waals surface area contributed by atoms with Gasteiger partial charge in [0.25, 0.3) is 0 Å². The molecule has 1 aliphatic heterocycles. The normalized spacial score (nSPS) is 20.3. The fourth-order valence-electron chi connectivity index (χ4n) is 2.97. The van der Waals surface area contributed by atoms with Crippen molar-refractivity contribution in [3.63, 3.8) is 0 Å². The van der Waals surface area contributed by atoms with E-state index in [4.69, 9.17) is 0 Å². The first-order chi connectivity index (χ1) is 12.2. The zero-order valence-electron chi connectivity index (χ0n) is 14.9. The summed E-state index contributed by atoms with van der Waals surface area (Å²) in [6.45, 7) is 4.37. The summed E-state index contributed by atoms with van der Waals surface area (Å²) in [5.74, 6) is 0.880. The van der Waals surface area contributed by atoms with Gasteiger partial charge in [-0.15, -0.1) is 10.2 Å². The Morgan fingerprint density at radius 3 is 2.50 bits per heavy atom. The van der Waals surface area contributed by atoms with E-state index in [1.54, 1.807) is 6.92 Å². The first-order valence-corrected chi connectivity index (χ1v) is 9.83. The van der Waals surface area contributed by atoms with Gasteiger partial charge in [-0.25, -0.2) is 0 Å². The lowest BCUT2D eigenvalue weighted by molar-refractivity contribution is -0.137. The summed E-state index contributed by atoms with van der Waals surface area (Å²) in [5.41, 5.74) is 0. The molecule has 1 saturated carbocycles. The monoisotopic (exact) mass is 391 g/mol. The van der Waals surface area contributed by atoms with Gasteiger partial charge in [0.05, 0.1) is 5.25 Å². The summed E-state index contributed by atoms with van der Waals surface area (Å²) in [5, 5.41) is 10.4.